The van der Waals surface area contributed by atoms with Gasteiger partial charge in [0.25, 0.3) is 0 Å². The van der Waals surface area contributed by atoms with Gasteiger partial charge in [-0.2, -0.15) is 0 Å². The van der Waals surface area contributed by atoms with Crippen molar-refractivity contribution in [3.8, 4) is 0 Å². The Morgan fingerprint density at radius 1 is 1.00 bits per heavy atom. The number of aromatic nitrogens is 3. The Hall–Kier alpha value is -2.11. The number of aliphatic hydroxyl groups excluding tert-OH is 1. The summed E-state index contributed by atoms with van der Waals surface area (Å²) in [7, 11) is 0. The average Bonchev–Trinajstić information content (AvgIpc) is 3.02. The molecular weight excluding hydrogens is 318 g/mol. The van der Waals surface area contributed by atoms with Gasteiger partial charge in [-0.15, -0.1) is 10.2 Å². The molecule has 1 aromatic heterocycles. The summed E-state index contributed by atoms with van der Waals surface area (Å²) >= 11 is 1.55. The molecule has 0 radical (unpaired) electrons. The van der Waals surface area contributed by atoms with Crippen molar-refractivity contribution in [1.29, 1.82) is 0 Å². The van der Waals surface area contributed by atoms with Crippen LogP contribution in [-0.2, 0) is 13.0 Å². The van der Waals surface area contributed by atoms with E-state index < -0.39 is 6.10 Å². The van der Waals surface area contributed by atoms with E-state index in [1.54, 1.807) is 11.8 Å². The van der Waals surface area contributed by atoms with Crippen molar-refractivity contribution in [1.82, 2.24) is 14.8 Å². The van der Waals surface area contributed by atoms with Crippen molar-refractivity contribution in [2.24, 2.45) is 0 Å². The predicted octanol–water partition coefficient (Wildman–Crippen LogP) is 3.71. The van der Waals surface area contributed by atoms with E-state index in [4.69, 9.17) is 0 Å². The topological polar surface area (TPSA) is 50.9 Å². The van der Waals surface area contributed by atoms with Crippen LogP contribution < -0.4 is 0 Å². The summed E-state index contributed by atoms with van der Waals surface area (Å²) in [5, 5.41) is 19.8. The minimum Gasteiger partial charge on any atom is -0.388 e. The van der Waals surface area contributed by atoms with Gasteiger partial charge in [0.05, 0.1) is 6.10 Å². The fourth-order valence-corrected chi connectivity index (χ4v) is 3.57. The molecule has 0 saturated heterocycles. The van der Waals surface area contributed by atoms with E-state index in [-0.39, 0.29) is 0 Å². The fraction of sp³-hybridized carbons (Fsp3) is 0.263. The zero-order chi connectivity index (χ0) is 16.8. The van der Waals surface area contributed by atoms with Gasteiger partial charge in [0, 0.05) is 18.7 Å². The molecule has 0 amide bonds. The number of hydrogen-bond acceptors (Lipinski definition) is 4. The summed E-state index contributed by atoms with van der Waals surface area (Å²) in [4.78, 5) is 0. The Bertz CT molecular complexity index is 759. The number of aliphatic hydroxyl groups is 1. The second-order valence-corrected chi connectivity index (χ2v) is 6.53. The number of rotatable bonds is 7. The maximum atomic E-state index is 10.3. The molecule has 24 heavy (non-hydrogen) atoms. The third kappa shape index (κ3) is 4.04. The molecule has 1 unspecified atom stereocenters. The second-order valence-electron chi connectivity index (χ2n) is 5.54. The first-order valence-electron chi connectivity index (χ1n) is 8.09. The van der Waals surface area contributed by atoms with Crippen molar-refractivity contribution >= 4 is 11.8 Å². The average molecular weight is 339 g/mol. The Morgan fingerprint density at radius 3 is 2.33 bits per heavy atom. The van der Waals surface area contributed by atoms with Crippen LogP contribution in [0, 0.1) is 0 Å². The molecule has 0 spiro atoms. The number of thioether (sulfide) groups is 1. The molecule has 0 fully saturated rings. The van der Waals surface area contributed by atoms with Crippen molar-refractivity contribution in [2.45, 2.75) is 31.1 Å². The van der Waals surface area contributed by atoms with Crippen LogP contribution in [0.2, 0.25) is 0 Å². The van der Waals surface area contributed by atoms with E-state index in [9.17, 15) is 5.11 Å². The Balaban J connectivity index is 1.68. The van der Waals surface area contributed by atoms with E-state index in [0.717, 1.165) is 29.5 Å². The monoisotopic (exact) mass is 339 g/mol. The predicted molar refractivity (Wildman–Crippen MR) is 97.1 cm³/mol. The van der Waals surface area contributed by atoms with Gasteiger partial charge in [-0.3, -0.25) is 0 Å². The second kappa shape index (κ2) is 8.13. The molecule has 1 heterocycles. The van der Waals surface area contributed by atoms with Gasteiger partial charge in [-0.05, 0) is 18.1 Å². The first kappa shape index (κ1) is 16.7. The molecule has 4 nitrogen and oxygen atoms in total. The first-order valence-corrected chi connectivity index (χ1v) is 9.08. The van der Waals surface area contributed by atoms with E-state index in [0.29, 0.717) is 5.75 Å². The molecule has 124 valence electrons. The van der Waals surface area contributed by atoms with Crippen LogP contribution in [0.4, 0.5) is 0 Å². The molecule has 1 atom stereocenters. The number of hydrogen-bond donors (Lipinski definition) is 1. The smallest absolute Gasteiger partial charge is 0.191 e. The molecule has 1 N–H and O–H groups in total. The summed E-state index contributed by atoms with van der Waals surface area (Å²) in [6.45, 7) is 2.91. The summed E-state index contributed by atoms with van der Waals surface area (Å²) in [5.41, 5.74) is 2.15. The maximum absolute atomic E-state index is 10.3. The van der Waals surface area contributed by atoms with Gasteiger partial charge in [-0.25, -0.2) is 0 Å². The fourth-order valence-electron chi connectivity index (χ4n) is 2.58. The minimum absolute atomic E-state index is 0.504. The Labute approximate surface area is 146 Å². The van der Waals surface area contributed by atoms with E-state index in [1.165, 1.54) is 5.56 Å². The van der Waals surface area contributed by atoms with Crippen molar-refractivity contribution in [3.05, 3.63) is 77.6 Å². The van der Waals surface area contributed by atoms with Crippen LogP contribution in [0.25, 0.3) is 0 Å². The summed E-state index contributed by atoms with van der Waals surface area (Å²) < 4.78 is 2.12. The maximum Gasteiger partial charge on any atom is 0.191 e. The molecule has 5 heteroatoms. The van der Waals surface area contributed by atoms with Crippen LogP contribution in [0.5, 0.6) is 0 Å². The summed E-state index contributed by atoms with van der Waals surface area (Å²) in [6.07, 6.45) is 0.263. The van der Waals surface area contributed by atoms with Gasteiger partial charge in [0.1, 0.15) is 5.82 Å². The lowest BCUT2D eigenvalue weighted by Crippen LogP contribution is -2.06. The summed E-state index contributed by atoms with van der Waals surface area (Å²) in [5.74, 6) is 1.52. The molecule has 0 saturated carbocycles. The van der Waals surface area contributed by atoms with Gasteiger partial charge < -0.3 is 9.67 Å². The highest BCUT2D eigenvalue weighted by molar-refractivity contribution is 7.99. The van der Waals surface area contributed by atoms with Crippen molar-refractivity contribution in [2.75, 3.05) is 5.75 Å². The van der Waals surface area contributed by atoms with Gasteiger partial charge in [-0.1, -0.05) is 72.4 Å². The van der Waals surface area contributed by atoms with E-state index >= 15 is 0 Å². The standard InChI is InChI=1S/C19H21N3OS/c1-2-22-18(13-15-9-5-3-6-10-15)20-21-19(22)24-14-17(23)16-11-7-4-8-12-16/h3-12,17,23H,2,13-14H2,1H3. The van der Waals surface area contributed by atoms with Crippen LogP contribution in [-0.4, -0.2) is 25.6 Å². The largest absolute Gasteiger partial charge is 0.388 e. The summed E-state index contributed by atoms with van der Waals surface area (Å²) in [6, 6.07) is 20.0. The van der Waals surface area contributed by atoms with Gasteiger partial charge in [0.15, 0.2) is 5.16 Å². The molecule has 0 bridgehead atoms. The number of nitrogens with zero attached hydrogens (tertiary/aromatic N) is 3. The van der Waals surface area contributed by atoms with Crippen LogP contribution in [0.15, 0.2) is 65.8 Å². The lowest BCUT2D eigenvalue weighted by atomic mass is 10.1. The minimum atomic E-state index is -0.504. The zero-order valence-corrected chi connectivity index (χ0v) is 14.5. The highest BCUT2D eigenvalue weighted by Gasteiger charge is 2.14. The van der Waals surface area contributed by atoms with Gasteiger partial charge >= 0.3 is 0 Å². The molecule has 0 aliphatic carbocycles. The lowest BCUT2D eigenvalue weighted by Gasteiger charge is -2.11. The first-order chi connectivity index (χ1) is 11.8. The van der Waals surface area contributed by atoms with Gasteiger partial charge in [0.2, 0.25) is 0 Å². The third-order valence-corrected chi connectivity index (χ3v) is 4.91. The molecule has 2 aromatic carbocycles. The SMILES string of the molecule is CCn1c(Cc2ccccc2)nnc1SCC(O)c1ccccc1. The quantitative estimate of drug-likeness (QED) is 0.667. The molecule has 0 aliphatic heterocycles. The van der Waals surface area contributed by atoms with Crippen molar-refractivity contribution < 1.29 is 5.11 Å². The zero-order valence-electron chi connectivity index (χ0n) is 13.7. The van der Waals surface area contributed by atoms with Crippen molar-refractivity contribution in [3.63, 3.8) is 0 Å². The van der Waals surface area contributed by atoms with E-state index in [2.05, 4.69) is 33.8 Å². The van der Waals surface area contributed by atoms with Crippen LogP contribution in [0.3, 0.4) is 0 Å². The third-order valence-electron chi connectivity index (χ3n) is 3.87. The molecule has 0 aliphatic rings. The Morgan fingerprint density at radius 2 is 1.67 bits per heavy atom. The molecular formula is C19H21N3OS. The van der Waals surface area contributed by atoms with Crippen LogP contribution >= 0.6 is 11.8 Å². The highest BCUT2D eigenvalue weighted by Crippen LogP contribution is 2.24. The molecule has 3 rings (SSSR count). The lowest BCUT2D eigenvalue weighted by molar-refractivity contribution is 0.204. The van der Waals surface area contributed by atoms with Crippen LogP contribution in [0.1, 0.15) is 30.0 Å². The normalized spacial score (nSPS) is 12.2. The Kier molecular flexibility index (Phi) is 5.67. The molecule has 3 aromatic rings. The van der Waals surface area contributed by atoms with E-state index in [1.807, 2.05) is 48.5 Å². The highest BCUT2D eigenvalue weighted by atomic mass is 32.2. The number of benzene rings is 2.